The van der Waals surface area contributed by atoms with Gasteiger partial charge in [-0.2, -0.15) is 0 Å². The molecule has 0 bridgehead atoms. The number of benzene rings is 1. The molecule has 4 N–H and O–H groups in total. The summed E-state index contributed by atoms with van der Waals surface area (Å²) in [6.45, 7) is 4.40. The van der Waals surface area contributed by atoms with Crippen molar-refractivity contribution >= 4 is 35.8 Å². The van der Waals surface area contributed by atoms with Crippen molar-refractivity contribution in [2.24, 2.45) is 17.6 Å². The van der Waals surface area contributed by atoms with Crippen molar-refractivity contribution in [2.45, 2.75) is 45.2 Å². The van der Waals surface area contributed by atoms with E-state index in [0.29, 0.717) is 23.0 Å². The zero-order chi connectivity index (χ0) is 17.7. The summed E-state index contributed by atoms with van der Waals surface area (Å²) in [5, 5.41) is 6.29. The first-order valence-electron chi connectivity index (χ1n) is 8.52. The summed E-state index contributed by atoms with van der Waals surface area (Å²) in [4.78, 5) is 24.9. The summed E-state index contributed by atoms with van der Waals surface area (Å²) in [6.07, 6.45) is 3.06. The van der Waals surface area contributed by atoms with Gasteiger partial charge in [-0.15, -0.1) is 12.4 Å². The predicted octanol–water partition coefficient (Wildman–Crippen LogP) is 2.76. The van der Waals surface area contributed by atoms with E-state index in [2.05, 4.69) is 10.6 Å². The molecule has 3 atom stereocenters. The van der Waals surface area contributed by atoms with E-state index in [1.165, 1.54) is 0 Å². The summed E-state index contributed by atoms with van der Waals surface area (Å²) in [7, 11) is 0. The zero-order valence-electron chi connectivity index (χ0n) is 14.6. The molecule has 1 aromatic carbocycles. The van der Waals surface area contributed by atoms with Crippen LogP contribution >= 0.6 is 24.0 Å². The number of hydrogen-bond donors (Lipinski definition) is 3. The highest BCUT2D eigenvalue weighted by Gasteiger charge is 2.30. The molecule has 0 aliphatic heterocycles. The zero-order valence-corrected chi connectivity index (χ0v) is 16.2. The topological polar surface area (TPSA) is 84.2 Å². The summed E-state index contributed by atoms with van der Waals surface area (Å²) < 4.78 is 0. The van der Waals surface area contributed by atoms with Crippen molar-refractivity contribution in [2.75, 3.05) is 6.54 Å². The minimum atomic E-state index is -0.579. The average Bonchev–Trinajstić information content (AvgIpc) is 3.42. The van der Waals surface area contributed by atoms with E-state index in [1.54, 1.807) is 24.3 Å². The van der Waals surface area contributed by atoms with Crippen LogP contribution in [-0.4, -0.2) is 30.4 Å². The van der Waals surface area contributed by atoms with Gasteiger partial charge in [-0.25, -0.2) is 0 Å². The molecule has 7 heteroatoms. The summed E-state index contributed by atoms with van der Waals surface area (Å²) >= 11 is 5.84. The van der Waals surface area contributed by atoms with Gasteiger partial charge in [0, 0.05) is 23.2 Å². The van der Waals surface area contributed by atoms with Crippen molar-refractivity contribution in [1.82, 2.24) is 10.6 Å². The Morgan fingerprint density at radius 1 is 1.28 bits per heavy atom. The van der Waals surface area contributed by atoms with E-state index >= 15 is 0 Å². The normalized spacial score (nSPS) is 17.0. The fourth-order valence-electron chi connectivity index (χ4n) is 2.55. The molecule has 0 heterocycles. The van der Waals surface area contributed by atoms with Crippen molar-refractivity contribution in [3.8, 4) is 0 Å². The predicted molar refractivity (Wildman–Crippen MR) is 103 cm³/mol. The maximum absolute atomic E-state index is 12.5. The van der Waals surface area contributed by atoms with Gasteiger partial charge in [0.1, 0.15) is 6.04 Å². The van der Waals surface area contributed by atoms with Crippen molar-refractivity contribution in [1.29, 1.82) is 0 Å². The fourth-order valence-corrected chi connectivity index (χ4v) is 2.67. The molecule has 0 saturated heterocycles. The van der Waals surface area contributed by atoms with Gasteiger partial charge in [-0.05, 0) is 48.9 Å². The van der Waals surface area contributed by atoms with Gasteiger partial charge in [-0.1, -0.05) is 31.9 Å². The number of carbonyl (C=O) groups excluding carboxylic acids is 2. The van der Waals surface area contributed by atoms with Gasteiger partial charge < -0.3 is 16.4 Å². The van der Waals surface area contributed by atoms with Crippen LogP contribution in [0.25, 0.3) is 0 Å². The molecule has 0 radical (unpaired) electrons. The molecule has 1 aromatic rings. The largest absolute Gasteiger partial charge is 0.353 e. The van der Waals surface area contributed by atoms with Crippen molar-refractivity contribution < 1.29 is 9.59 Å². The summed E-state index contributed by atoms with van der Waals surface area (Å²) in [5.74, 6) is 0.0933. The maximum Gasteiger partial charge on any atom is 0.251 e. The van der Waals surface area contributed by atoms with E-state index < -0.39 is 6.04 Å². The Bertz CT molecular complexity index is 576. The minimum Gasteiger partial charge on any atom is -0.353 e. The molecule has 2 rings (SSSR count). The Morgan fingerprint density at radius 3 is 2.40 bits per heavy atom. The number of hydrogen-bond acceptors (Lipinski definition) is 3. The Kier molecular flexibility index (Phi) is 8.69. The first-order chi connectivity index (χ1) is 11.4. The molecule has 25 heavy (non-hydrogen) atoms. The standard InChI is InChI=1S/C18H26ClN3O2.ClH/c1-3-11(2)16(18(24)21-10-15(20)12-4-5-12)22-17(23)13-6-8-14(19)9-7-13;/h6-9,11-12,15-16H,3-5,10,20H2,1-2H3,(H,21,24)(H,22,23);1H. The summed E-state index contributed by atoms with van der Waals surface area (Å²) in [5.41, 5.74) is 6.51. The lowest BCUT2D eigenvalue weighted by Gasteiger charge is -2.24. The number of halogens is 2. The van der Waals surface area contributed by atoms with Gasteiger partial charge in [0.2, 0.25) is 5.91 Å². The second-order valence-electron chi connectivity index (χ2n) is 6.59. The molecule has 140 valence electrons. The van der Waals surface area contributed by atoms with Crippen LogP contribution < -0.4 is 16.4 Å². The van der Waals surface area contributed by atoms with Gasteiger partial charge in [0.05, 0.1) is 0 Å². The van der Waals surface area contributed by atoms with E-state index in [4.69, 9.17) is 17.3 Å². The average molecular weight is 388 g/mol. The Labute approximate surface area is 160 Å². The molecular weight excluding hydrogens is 361 g/mol. The Morgan fingerprint density at radius 2 is 1.88 bits per heavy atom. The van der Waals surface area contributed by atoms with Crippen LogP contribution in [-0.2, 0) is 4.79 Å². The quantitative estimate of drug-likeness (QED) is 0.640. The second-order valence-corrected chi connectivity index (χ2v) is 7.03. The molecule has 3 unspecified atom stereocenters. The highest BCUT2D eigenvalue weighted by atomic mass is 35.5. The van der Waals surface area contributed by atoms with Crippen LogP contribution in [0.3, 0.4) is 0 Å². The van der Waals surface area contributed by atoms with Gasteiger partial charge in [0.25, 0.3) is 5.91 Å². The first-order valence-corrected chi connectivity index (χ1v) is 8.89. The molecule has 0 spiro atoms. The van der Waals surface area contributed by atoms with Crippen LogP contribution in [0.1, 0.15) is 43.5 Å². The second kappa shape index (κ2) is 10.00. The number of carbonyl (C=O) groups is 2. The van der Waals surface area contributed by atoms with E-state index in [0.717, 1.165) is 19.3 Å². The molecule has 1 saturated carbocycles. The third kappa shape index (κ3) is 6.49. The molecule has 2 amide bonds. The van der Waals surface area contributed by atoms with Crippen LogP contribution in [0.2, 0.25) is 5.02 Å². The van der Waals surface area contributed by atoms with Crippen molar-refractivity contribution in [3.05, 3.63) is 34.9 Å². The van der Waals surface area contributed by atoms with E-state index in [-0.39, 0.29) is 36.2 Å². The molecule has 5 nitrogen and oxygen atoms in total. The molecule has 0 aromatic heterocycles. The monoisotopic (exact) mass is 387 g/mol. The Hall–Kier alpha value is -1.30. The van der Waals surface area contributed by atoms with Crippen LogP contribution in [0.4, 0.5) is 0 Å². The lowest BCUT2D eigenvalue weighted by molar-refractivity contribution is -0.124. The SMILES string of the molecule is CCC(C)C(NC(=O)c1ccc(Cl)cc1)C(=O)NCC(N)C1CC1.Cl. The van der Waals surface area contributed by atoms with Crippen molar-refractivity contribution in [3.63, 3.8) is 0 Å². The maximum atomic E-state index is 12.5. The Balaban J connectivity index is 0.00000312. The smallest absolute Gasteiger partial charge is 0.251 e. The lowest BCUT2D eigenvalue weighted by Crippen LogP contribution is -2.52. The van der Waals surface area contributed by atoms with Crippen LogP contribution in [0.5, 0.6) is 0 Å². The van der Waals surface area contributed by atoms with Gasteiger partial charge in [0.15, 0.2) is 0 Å². The summed E-state index contributed by atoms with van der Waals surface area (Å²) in [6, 6.07) is 6.02. The van der Waals surface area contributed by atoms with Crippen LogP contribution in [0.15, 0.2) is 24.3 Å². The number of nitrogens with two attached hydrogens (primary N) is 1. The molecular formula is C18H27Cl2N3O2. The number of nitrogens with one attached hydrogen (secondary N) is 2. The third-order valence-electron chi connectivity index (χ3n) is 4.63. The molecule has 1 fully saturated rings. The van der Waals surface area contributed by atoms with Gasteiger partial charge >= 0.3 is 0 Å². The van der Waals surface area contributed by atoms with E-state index in [1.807, 2.05) is 13.8 Å². The molecule has 1 aliphatic rings. The van der Waals surface area contributed by atoms with E-state index in [9.17, 15) is 9.59 Å². The fraction of sp³-hybridized carbons (Fsp3) is 0.556. The first kappa shape index (κ1) is 21.7. The number of rotatable bonds is 8. The van der Waals surface area contributed by atoms with Gasteiger partial charge in [-0.3, -0.25) is 9.59 Å². The highest BCUT2D eigenvalue weighted by molar-refractivity contribution is 6.30. The number of amides is 2. The van der Waals surface area contributed by atoms with Crippen LogP contribution in [0, 0.1) is 11.8 Å². The highest BCUT2D eigenvalue weighted by Crippen LogP contribution is 2.31. The third-order valence-corrected chi connectivity index (χ3v) is 4.88. The lowest BCUT2D eigenvalue weighted by atomic mass is 9.97. The molecule has 1 aliphatic carbocycles. The minimum absolute atomic E-state index is 0.